The molecule has 0 atom stereocenters. The molecule has 2 N–H and O–H groups in total. The Labute approximate surface area is 158 Å². The topological polar surface area (TPSA) is 127 Å². The second-order valence-corrected chi connectivity index (χ2v) is 7.04. The van der Waals surface area contributed by atoms with E-state index in [0.717, 1.165) is 6.07 Å². The molecule has 1 heterocycles. The minimum Gasteiger partial charge on any atom is -0.462 e. The fraction of sp³-hybridized carbons (Fsp3) is 0.143. The Morgan fingerprint density at radius 2 is 1.77 bits per heavy atom. The van der Waals surface area contributed by atoms with Crippen LogP contribution in [0.15, 0.2) is 35.2 Å². The van der Waals surface area contributed by atoms with Crippen LogP contribution in [-0.2, 0) is 14.8 Å². The van der Waals surface area contributed by atoms with Crippen molar-refractivity contribution < 1.29 is 22.7 Å². The molecule has 138 valence electrons. The Kier molecular flexibility index (Phi) is 6.35. The van der Waals surface area contributed by atoms with Crippen molar-refractivity contribution >= 4 is 51.2 Å². The summed E-state index contributed by atoms with van der Waals surface area (Å²) in [7, 11) is -4.38. The second kappa shape index (κ2) is 8.30. The van der Waals surface area contributed by atoms with Crippen molar-refractivity contribution in [3.63, 3.8) is 0 Å². The molecule has 0 fully saturated rings. The first-order valence-electron chi connectivity index (χ1n) is 7.03. The summed E-state index contributed by atoms with van der Waals surface area (Å²) in [5.74, 6) is -1.13. The largest absolute Gasteiger partial charge is 0.462 e. The number of anilines is 1. The summed E-state index contributed by atoms with van der Waals surface area (Å²) in [4.78, 5) is 30.8. The van der Waals surface area contributed by atoms with Crippen LogP contribution < -0.4 is 10.0 Å². The van der Waals surface area contributed by atoms with Crippen LogP contribution in [0.4, 0.5) is 10.7 Å². The summed E-state index contributed by atoms with van der Waals surface area (Å²) in [6.45, 7) is 1.64. The quantitative estimate of drug-likeness (QED) is 0.563. The number of nitrogens with zero attached hydrogens (tertiary/aromatic N) is 2. The maximum atomic E-state index is 12.4. The maximum Gasteiger partial charge on any atom is 0.339 e. The van der Waals surface area contributed by atoms with Gasteiger partial charge in [-0.2, -0.15) is 0 Å². The highest BCUT2D eigenvalue weighted by Crippen LogP contribution is 2.17. The van der Waals surface area contributed by atoms with Gasteiger partial charge in [-0.3, -0.25) is 5.32 Å². The van der Waals surface area contributed by atoms with Crippen LogP contribution in [0.25, 0.3) is 0 Å². The smallest absolute Gasteiger partial charge is 0.339 e. The minimum absolute atomic E-state index is 0.0455. The molecule has 0 saturated heterocycles. The number of rotatable bonds is 5. The number of esters is 1. The standard InChI is InChI=1S/C14H12Cl2N4O5S/c1-2-25-12(21)8-5-3-4-6-9(8)26(23,24)20-14(22)19-13-17-10(15)7-11(16)18-13/h3-7H,2H2,1H3,(H2,17,18,19,20,22). The molecular weight excluding hydrogens is 407 g/mol. The van der Waals surface area contributed by atoms with Gasteiger partial charge in [0.1, 0.15) is 15.2 Å². The van der Waals surface area contributed by atoms with Gasteiger partial charge in [-0.25, -0.2) is 32.7 Å². The summed E-state index contributed by atoms with van der Waals surface area (Å²) in [6, 6.07) is 5.36. The van der Waals surface area contributed by atoms with Gasteiger partial charge in [0.25, 0.3) is 10.0 Å². The van der Waals surface area contributed by atoms with Crippen molar-refractivity contribution in [2.24, 2.45) is 0 Å². The van der Waals surface area contributed by atoms with Crippen LogP contribution in [0.1, 0.15) is 17.3 Å². The summed E-state index contributed by atoms with van der Waals surface area (Å²) in [5, 5.41) is 2.00. The molecule has 2 amide bonds. The monoisotopic (exact) mass is 418 g/mol. The molecule has 2 aromatic rings. The Balaban J connectivity index is 2.23. The highest BCUT2D eigenvalue weighted by molar-refractivity contribution is 7.90. The lowest BCUT2D eigenvalue weighted by Crippen LogP contribution is -2.35. The Hall–Kier alpha value is -2.43. The van der Waals surface area contributed by atoms with E-state index in [2.05, 4.69) is 15.3 Å². The number of amides is 2. The zero-order chi connectivity index (χ0) is 19.3. The molecule has 0 spiro atoms. The number of sulfonamides is 1. The Bertz CT molecular complexity index is 932. The molecular formula is C14H12Cl2N4O5S. The molecule has 1 aromatic heterocycles. The van der Waals surface area contributed by atoms with Gasteiger partial charge in [-0.15, -0.1) is 0 Å². The average molecular weight is 419 g/mol. The Morgan fingerprint density at radius 1 is 1.15 bits per heavy atom. The second-order valence-electron chi connectivity index (χ2n) is 4.61. The first kappa shape index (κ1) is 19.9. The predicted molar refractivity (Wildman–Crippen MR) is 93.8 cm³/mol. The normalized spacial score (nSPS) is 10.9. The van der Waals surface area contributed by atoms with Gasteiger partial charge in [0, 0.05) is 6.07 Å². The Morgan fingerprint density at radius 3 is 2.38 bits per heavy atom. The number of aromatic nitrogens is 2. The van der Waals surface area contributed by atoms with Gasteiger partial charge in [0.05, 0.1) is 12.2 Å². The van der Waals surface area contributed by atoms with Gasteiger partial charge in [0.15, 0.2) is 0 Å². The van der Waals surface area contributed by atoms with E-state index < -0.39 is 26.9 Å². The third-order valence-corrected chi connectivity index (χ3v) is 4.56. The van der Waals surface area contributed by atoms with E-state index in [0.29, 0.717) is 0 Å². The molecule has 26 heavy (non-hydrogen) atoms. The van der Waals surface area contributed by atoms with E-state index in [9.17, 15) is 18.0 Å². The lowest BCUT2D eigenvalue weighted by atomic mass is 10.2. The highest BCUT2D eigenvalue weighted by Gasteiger charge is 2.25. The van der Waals surface area contributed by atoms with Crippen LogP contribution >= 0.6 is 23.2 Å². The molecule has 2 rings (SSSR count). The zero-order valence-electron chi connectivity index (χ0n) is 13.2. The summed E-state index contributed by atoms with van der Waals surface area (Å²) in [5.41, 5.74) is -0.211. The van der Waals surface area contributed by atoms with Crippen LogP contribution in [0.2, 0.25) is 10.3 Å². The van der Waals surface area contributed by atoms with Crippen LogP contribution in [0.5, 0.6) is 0 Å². The summed E-state index contributed by atoms with van der Waals surface area (Å²) < 4.78 is 31.4. The van der Waals surface area contributed by atoms with Crippen molar-refractivity contribution in [3.05, 3.63) is 46.2 Å². The average Bonchev–Trinajstić information content (AvgIpc) is 2.53. The molecule has 0 aliphatic carbocycles. The van der Waals surface area contributed by atoms with Crippen molar-refractivity contribution in [1.29, 1.82) is 0 Å². The van der Waals surface area contributed by atoms with Crippen molar-refractivity contribution in [2.45, 2.75) is 11.8 Å². The molecule has 0 saturated carbocycles. The van der Waals surface area contributed by atoms with Gasteiger partial charge in [-0.1, -0.05) is 35.3 Å². The SMILES string of the molecule is CCOC(=O)c1ccccc1S(=O)(=O)NC(=O)Nc1nc(Cl)cc(Cl)n1. The number of urea groups is 1. The van der Waals surface area contributed by atoms with Gasteiger partial charge in [-0.05, 0) is 19.1 Å². The van der Waals surface area contributed by atoms with Gasteiger partial charge >= 0.3 is 12.0 Å². The van der Waals surface area contributed by atoms with E-state index in [1.165, 1.54) is 24.3 Å². The van der Waals surface area contributed by atoms with E-state index in [1.807, 2.05) is 0 Å². The number of hydrogen-bond acceptors (Lipinski definition) is 7. The van der Waals surface area contributed by atoms with Crippen LogP contribution in [0, 0.1) is 0 Å². The molecule has 9 nitrogen and oxygen atoms in total. The summed E-state index contributed by atoms with van der Waals surface area (Å²) in [6.07, 6.45) is 0. The van der Waals surface area contributed by atoms with Gasteiger partial charge in [0.2, 0.25) is 5.95 Å². The molecule has 0 unspecified atom stereocenters. The van der Waals surface area contributed by atoms with Crippen molar-refractivity contribution in [3.8, 4) is 0 Å². The third kappa shape index (κ3) is 5.04. The molecule has 0 radical (unpaired) electrons. The zero-order valence-corrected chi connectivity index (χ0v) is 15.5. The predicted octanol–water partition coefficient (Wildman–Crippen LogP) is 2.47. The van der Waals surface area contributed by atoms with Crippen molar-refractivity contribution in [1.82, 2.24) is 14.7 Å². The van der Waals surface area contributed by atoms with E-state index in [4.69, 9.17) is 27.9 Å². The first-order valence-corrected chi connectivity index (χ1v) is 9.27. The summed E-state index contributed by atoms with van der Waals surface area (Å²) >= 11 is 11.3. The van der Waals surface area contributed by atoms with Gasteiger partial charge < -0.3 is 4.74 Å². The first-order chi connectivity index (χ1) is 12.2. The van der Waals surface area contributed by atoms with E-state index in [1.54, 1.807) is 11.6 Å². The number of hydrogen-bond donors (Lipinski definition) is 2. The lowest BCUT2D eigenvalue weighted by Gasteiger charge is -2.11. The minimum atomic E-state index is -4.38. The molecule has 0 aliphatic rings. The molecule has 0 bridgehead atoms. The molecule has 1 aromatic carbocycles. The maximum absolute atomic E-state index is 12.4. The number of halogens is 2. The molecule has 0 aliphatic heterocycles. The van der Waals surface area contributed by atoms with Crippen molar-refractivity contribution in [2.75, 3.05) is 11.9 Å². The number of carbonyl (C=O) groups is 2. The van der Waals surface area contributed by atoms with Crippen LogP contribution in [0.3, 0.4) is 0 Å². The number of carbonyl (C=O) groups excluding carboxylic acids is 2. The lowest BCUT2D eigenvalue weighted by molar-refractivity contribution is 0.0521. The fourth-order valence-electron chi connectivity index (χ4n) is 1.83. The molecule has 12 heteroatoms. The number of benzene rings is 1. The number of ether oxygens (including phenoxy) is 1. The van der Waals surface area contributed by atoms with Crippen LogP contribution in [-0.4, -0.2) is 37.0 Å². The van der Waals surface area contributed by atoms with E-state index >= 15 is 0 Å². The number of nitrogens with one attached hydrogen (secondary N) is 2. The van der Waals surface area contributed by atoms with E-state index in [-0.39, 0.29) is 28.4 Å². The highest BCUT2D eigenvalue weighted by atomic mass is 35.5. The fourth-order valence-corrected chi connectivity index (χ4v) is 3.35. The third-order valence-electron chi connectivity index (χ3n) is 2.79.